The average molecular weight is 305 g/mol. The molecular weight excluding hydrogens is 282 g/mol. The van der Waals surface area contributed by atoms with E-state index in [2.05, 4.69) is 75.3 Å². The Morgan fingerprint density at radius 3 is 2.32 bits per heavy atom. The highest BCUT2D eigenvalue weighted by molar-refractivity contribution is 6.84. The zero-order valence-electron chi connectivity index (χ0n) is 14.1. The van der Waals surface area contributed by atoms with Gasteiger partial charge in [0.1, 0.15) is 13.8 Å². The number of aryl methyl sites for hydroxylation is 2. The Bertz CT molecular complexity index is 755. The highest BCUT2D eigenvalue weighted by Crippen LogP contribution is 2.17. The molecule has 0 unspecified atom stereocenters. The van der Waals surface area contributed by atoms with E-state index in [-0.39, 0.29) is 0 Å². The molecule has 2 aromatic carbocycles. The van der Waals surface area contributed by atoms with Gasteiger partial charge in [-0.15, -0.1) is 5.54 Å². The van der Waals surface area contributed by atoms with Crippen molar-refractivity contribution in [2.24, 2.45) is 4.99 Å². The minimum absolute atomic E-state index is 0.867. The minimum Gasteiger partial charge on any atom is -0.239 e. The lowest BCUT2D eigenvalue weighted by Crippen LogP contribution is -2.17. The van der Waals surface area contributed by atoms with Crippen molar-refractivity contribution in [3.8, 4) is 11.5 Å². The van der Waals surface area contributed by atoms with Gasteiger partial charge in [0.15, 0.2) is 0 Å². The summed E-state index contributed by atoms with van der Waals surface area (Å²) in [6.07, 6.45) is 0. The van der Waals surface area contributed by atoms with E-state index in [4.69, 9.17) is 4.99 Å². The van der Waals surface area contributed by atoms with E-state index in [0.717, 1.165) is 17.0 Å². The number of rotatable bonds is 2. The Morgan fingerprint density at radius 2 is 1.68 bits per heavy atom. The van der Waals surface area contributed by atoms with Crippen molar-refractivity contribution in [2.45, 2.75) is 33.5 Å². The third kappa shape index (κ3) is 4.72. The monoisotopic (exact) mass is 305 g/mol. The highest BCUT2D eigenvalue weighted by Gasteiger charge is 2.10. The summed E-state index contributed by atoms with van der Waals surface area (Å²) in [5.74, 6) is 3.35. The van der Waals surface area contributed by atoms with Gasteiger partial charge in [0.2, 0.25) is 0 Å². The second-order valence-corrected chi connectivity index (χ2v) is 11.4. The lowest BCUT2D eigenvalue weighted by molar-refractivity contribution is 1.40. The maximum absolute atomic E-state index is 4.82. The highest BCUT2D eigenvalue weighted by atomic mass is 28.3. The van der Waals surface area contributed by atoms with E-state index in [9.17, 15) is 0 Å². The fourth-order valence-electron chi connectivity index (χ4n) is 2.07. The van der Waals surface area contributed by atoms with Gasteiger partial charge in [-0.3, -0.25) is 0 Å². The molecule has 0 saturated carbocycles. The van der Waals surface area contributed by atoms with Gasteiger partial charge < -0.3 is 0 Å². The fourth-order valence-corrected chi connectivity index (χ4v) is 2.56. The Balaban J connectivity index is 2.55. The van der Waals surface area contributed by atoms with Crippen LogP contribution in [0.25, 0.3) is 0 Å². The van der Waals surface area contributed by atoms with Gasteiger partial charge in [0, 0.05) is 5.56 Å². The second-order valence-electron chi connectivity index (χ2n) is 6.61. The van der Waals surface area contributed by atoms with E-state index < -0.39 is 8.07 Å². The van der Waals surface area contributed by atoms with Gasteiger partial charge in [0.25, 0.3) is 0 Å². The minimum atomic E-state index is -1.44. The first kappa shape index (κ1) is 16.3. The fraction of sp³-hybridized carbons (Fsp3) is 0.250. The Labute approximate surface area is 135 Å². The first-order chi connectivity index (χ1) is 10.3. The molecule has 0 aromatic heterocycles. The van der Waals surface area contributed by atoms with Crippen molar-refractivity contribution in [1.29, 1.82) is 0 Å². The van der Waals surface area contributed by atoms with Crippen LogP contribution in [-0.4, -0.2) is 13.8 Å². The number of hydrogen-bond donors (Lipinski definition) is 0. The molecule has 2 rings (SSSR count). The van der Waals surface area contributed by atoms with Gasteiger partial charge in [-0.25, -0.2) is 4.99 Å². The van der Waals surface area contributed by atoms with Crippen LogP contribution in [0.3, 0.4) is 0 Å². The molecule has 1 nitrogen and oxygen atoms in total. The molecule has 2 aromatic rings. The van der Waals surface area contributed by atoms with Crippen molar-refractivity contribution in [2.75, 3.05) is 0 Å². The smallest absolute Gasteiger partial charge is 0.129 e. The molecule has 0 radical (unpaired) electrons. The van der Waals surface area contributed by atoms with Gasteiger partial charge in [-0.05, 0) is 37.1 Å². The predicted molar refractivity (Wildman–Crippen MR) is 99.7 cm³/mol. The molecular formula is C20H23NSi. The summed E-state index contributed by atoms with van der Waals surface area (Å²) < 4.78 is 0. The van der Waals surface area contributed by atoms with Crippen molar-refractivity contribution in [3.05, 3.63) is 65.2 Å². The zero-order valence-corrected chi connectivity index (χ0v) is 15.1. The molecule has 2 heteroatoms. The van der Waals surface area contributed by atoms with E-state index in [1.165, 1.54) is 11.1 Å². The molecule has 0 spiro atoms. The third-order valence-corrected chi connectivity index (χ3v) is 4.07. The SMILES string of the molecule is Cc1cccc(N=C(C#C[Si](C)(C)C)c2ccccc2C)c1. The van der Waals surface area contributed by atoms with E-state index in [0.29, 0.717) is 0 Å². The molecule has 0 saturated heterocycles. The molecule has 0 aliphatic carbocycles. The van der Waals surface area contributed by atoms with Crippen molar-refractivity contribution in [1.82, 2.24) is 0 Å². The summed E-state index contributed by atoms with van der Waals surface area (Å²) in [5.41, 5.74) is 8.81. The van der Waals surface area contributed by atoms with Crippen LogP contribution in [0.15, 0.2) is 53.5 Å². The van der Waals surface area contributed by atoms with Crippen LogP contribution in [0.4, 0.5) is 5.69 Å². The van der Waals surface area contributed by atoms with Crippen LogP contribution >= 0.6 is 0 Å². The molecule has 112 valence electrons. The normalized spacial score (nSPS) is 11.8. The summed E-state index contributed by atoms with van der Waals surface area (Å²) in [6.45, 7) is 10.9. The van der Waals surface area contributed by atoms with E-state index in [1.807, 2.05) is 18.2 Å². The molecule has 0 fully saturated rings. The molecule has 22 heavy (non-hydrogen) atoms. The molecule has 0 amide bonds. The summed E-state index contributed by atoms with van der Waals surface area (Å²) >= 11 is 0. The summed E-state index contributed by atoms with van der Waals surface area (Å²) in [7, 11) is -1.44. The van der Waals surface area contributed by atoms with Gasteiger partial charge in [0.05, 0.1) is 5.69 Å². The first-order valence-corrected chi connectivity index (χ1v) is 11.1. The maximum atomic E-state index is 4.82. The third-order valence-electron chi connectivity index (χ3n) is 3.20. The van der Waals surface area contributed by atoms with Crippen LogP contribution in [0, 0.1) is 25.3 Å². The Hall–Kier alpha value is -2.11. The summed E-state index contributed by atoms with van der Waals surface area (Å²) in [5, 5.41) is 0. The second kappa shape index (κ2) is 6.77. The molecule has 0 heterocycles. The van der Waals surface area contributed by atoms with Crippen LogP contribution in [-0.2, 0) is 0 Å². The molecule has 0 aliphatic rings. The molecule has 0 aliphatic heterocycles. The Morgan fingerprint density at radius 1 is 0.955 bits per heavy atom. The predicted octanol–water partition coefficient (Wildman–Crippen LogP) is 5.31. The Kier molecular flexibility index (Phi) is 5.00. The maximum Gasteiger partial charge on any atom is 0.129 e. The number of benzene rings is 2. The zero-order chi connectivity index (χ0) is 16.2. The first-order valence-electron chi connectivity index (χ1n) is 7.60. The summed E-state index contributed by atoms with van der Waals surface area (Å²) in [6, 6.07) is 16.5. The van der Waals surface area contributed by atoms with Gasteiger partial charge >= 0.3 is 0 Å². The topological polar surface area (TPSA) is 12.4 Å². The van der Waals surface area contributed by atoms with Crippen molar-refractivity contribution < 1.29 is 0 Å². The van der Waals surface area contributed by atoms with Crippen LogP contribution in [0.1, 0.15) is 16.7 Å². The lowest BCUT2D eigenvalue weighted by Gasteiger charge is -2.07. The number of aliphatic imine (C=N–C) groups is 1. The van der Waals surface area contributed by atoms with E-state index >= 15 is 0 Å². The van der Waals surface area contributed by atoms with Crippen LogP contribution in [0.5, 0.6) is 0 Å². The lowest BCUT2D eigenvalue weighted by atomic mass is 10.0. The van der Waals surface area contributed by atoms with Crippen molar-refractivity contribution in [3.63, 3.8) is 0 Å². The average Bonchev–Trinajstić information content (AvgIpc) is 2.43. The molecule has 0 atom stereocenters. The van der Waals surface area contributed by atoms with Crippen molar-refractivity contribution >= 4 is 19.5 Å². The quantitative estimate of drug-likeness (QED) is 0.405. The summed E-state index contributed by atoms with van der Waals surface area (Å²) in [4.78, 5) is 4.82. The molecule has 0 bridgehead atoms. The number of nitrogens with zero attached hydrogens (tertiary/aromatic N) is 1. The van der Waals surface area contributed by atoms with Crippen LogP contribution in [0.2, 0.25) is 19.6 Å². The largest absolute Gasteiger partial charge is 0.239 e. The molecule has 0 N–H and O–H groups in total. The number of hydrogen-bond acceptors (Lipinski definition) is 1. The van der Waals surface area contributed by atoms with Gasteiger partial charge in [-0.2, -0.15) is 0 Å². The van der Waals surface area contributed by atoms with E-state index in [1.54, 1.807) is 0 Å². The van der Waals surface area contributed by atoms with Crippen LogP contribution < -0.4 is 0 Å². The standard InChI is InChI=1S/C20H23NSi/c1-16-9-8-11-18(15-16)21-20(13-14-22(3,4)5)19-12-7-6-10-17(19)2/h6-12,15H,1-5H3. The van der Waals surface area contributed by atoms with Gasteiger partial charge in [-0.1, -0.05) is 62.0 Å².